The molecule has 122 valence electrons. The van der Waals surface area contributed by atoms with E-state index in [-0.39, 0.29) is 12.5 Å². The summed E-state index contributed by atoms with van der Waals surface area (Å²) < 4.78 is 5.59. The number of aliphatic hydroxyl groups is 1. The Balaban J connectivity index is 1.64. The van der Waals surface area contributed by atoms with Crippen LogP contribution >= 0.6 is 0 Å². The summed E-state index contributed by atoms with van der Waals surface area (Å²) in [5.41, 5.74) is 1.14. The molecule has 1 saturated heterocycles. The molecule has 22 heavy (non-hydrogen) atoms. The maximum absolute atomic E-state index is 11.3. The standard InChI is InChI=1S/C17H26N2O3/c1-13-4-3-5-17(10-13)22-12-16(21)11-18-15-6-8-19(9-7-15)14(2)20/h3-5,10,15-16,18,21H,6-9,11-12H2,1-2H3. The first-order chi connectivity index (χ1) is 10.5. The molecule has 1 aromatic carbocycles. The van der Waals surface area contributed by atoms with Gasteiger partial charge in [0, 0.05) is 32.6 Å². The van der Waals surface area contributed by atoms with E-state index in [0.717, 1.165) is 37.2 Å². The first-order valence-corrected chi connectivity index (χ1v) is 7.91. The van der Waals surface area contributed by atoms with Crippen LogP contribution in [0, 0.1) is 6.92 Å². The second kappa shape index (κ2) is 8.15. The summed E-state index contributed by atoms with van der Waals surface area (Å²) in [5, 5.41) is 13.4. The van der Waals surface area contributed by atoms with Crippen molar-refractivity contribution in [2.24, 2.45) is 0 Å². The molecular weight excluding hydrogens is 280 g/mol. The number of likely N-dealkylation sites (tertiary alicyclic amines) is 1. The minimum absolute atomic E-state index is 0.144. The van der Waals surface area contributed by atoms with E-state index < -0.39 is 6.10 Å². The second-order valence-electron chi connectivity index (χ2n) is 5.97. The van der Waals surface area contributed by atoms with Crippen molar-refractivity contribution < 1.29 is 14.6 Å². The zero-order valence-corrected chi connectivity index (χ0v) is 13.4. The van der Waals surface area contributed by atoms with Gasteiger partial charge in [-0.15, -0.1) is 0 Å². The molecule has 5 heteroatoms. The number of carbonyl (C=O) groups is 1. The van der Waals surface area contributed by atoms with Crippen molar-refractivity contribution >= 4 is 5.91 Å². The predicted molar refractivity (Wildman–Crippen MR) is 86.0 cm³/mol. The molecule has 1 aliphatic heterocycles. The monoisotopic (exact) mass is 306 g/mol. The van der Waals surface area contributed by atoms with Crippen LogP contribution in [0.5, 0.6) is 5.75 Å². The molecule has 1 amide bonds. The number of hydrogen-bond donors (Lipinski definition) is 2. The molecule has 2 N–H and O–H groups in total. The van der Waals surface area contributed by atoms with Crippen molar-refractivity contribution in [3.63, 3.8) is 0 Å². The number of piperidine rings is 1. The molecule has 1 unspecified atom stereocenters. The summed E-state index contributed by atoms with van der Waals surface area (Å²) in [5.74, 6) is 0.929. The molecule has 0 saturated carbocycles. The molecule has 1 fully saturated rings. The Kier molecular flexibility index (Phi) is 6.21. The normalized spacial score (nSPS) is 17.3. The van der Waals surface area contributed by atoms with Crippen molar-refractivity contribution in [2.45, 2.75) is 38.8 Å². The molecule has 5 nitrogen and oxygen atoms in total. The van der Waals surface area contributed by atoms with Gasteiger partial charge in [-0.25, -0.2) is 0 Å². The molecule has 1 aliphatic rings. The second-order valence-corrected chi connectivity index (χ2v) is 5.97. The molecular formula is C17H26N2O3. The maximum atomic E-state index is 11.3. The van der Waals surface area contributed by atoms with Gasteiger partial charge in [-0.1, -0.05) is 12.1 Å². The van der Waals surface area contributed by atoms with Gasteiger partial charge in [0.05, 0.1) is 0 Å². The predicted octanol–water partition coefficient (Wildman–Crippen LogP) is 1.34. The zero-order chi connectivity index (χ0) is 15.9. The van der Waals surface area contributed by atoms with Crippen LogP contribution in [0.4, 0.5) is 0 Å². The Bertz CT molecular complexity index is 485. The van der Waals surface area contributed by atoms with Crippen molar-refractivity contribution in [3.05, 3.63) is 29.8 Å². The Morgan fingerprint density at radius 3 is 2.82 bits per heavy atom. The lowest BCUT2D eigenvalue weighted by Crippen LogP contribution is -2.46. The summed E-state index contributed by atoms with van der Waals surface area (Å²) in [6, 6.07) is 8.17. The topological polar surface area (TPSA) is 61.8 Å². The lowest BCUT2D eigenvalue weighted by atomic mass is 10.0. The van der Waals surface area contributed by atoms with Crippen LogP contribution in [0.15, 0.2) is 24.3 Å². The number of rotatable bonds is 6. The van der Waals surface area contributed by atoms with E-state index in [4.69, 9.17) is 4.74 Å². The van der Waals surface area contributed by atoms with Crippen LogP contribution in [-0.4, -0.2) is 54.3 Å². The molecule has 0 aliphatic carbocycles. The fourth-order valence-electron chi connectivity index (χ4n) is 2.66. The number of aryl methyl sites for hydroxylation is 1. The molecule has 0 spiro atoms. The highest BCUT2D eigenvalue weighted by atomic mass is 16.5. The number of carbonyl (C=O) groups excluding carboxylic acids is 1. The van der Waals surface area contributed by atoms with Crippen LogP contribution in [0.25, 0.3) is 0 Å². The average Bonchev–Trinajstić information content (AvgIpc) is 2.51. The number of benzene rings is 1. The third-order valence-electron chi connectivity index (χ3n) is 4.01. The summed E-state index contributed by atoms with van der Waals surface area (Å²) in [4.78, 5) is 13.1. The maximum Gasteiger partial charge on any atom is 0.219 e. The molecule has 1 heterocycles. The number of nitrogens with zero attached hydrogens (tertiary/aromatic N) is 1. The van der Waals surface area contributed by atoms with Gasteiger partial charge in [0.2, 0.25) is 5.91 Å². The highest BCUT2D eigenvalue weighted by molar-refractivity contribution is 5.73. The minimum Gasteiger partial charge on any atom is -0.491 e. The quantitative estimate of drug-likeness (QED) is 0.832. The van der Waals surface area contributed by atoms with Gasteiger partial charge in [0.15, 0.2) is 0 Å². The Morgan fingerprint density at radius 2 is 2.18 bits per heavy atom. The molecule has 1 aromatic rings. The fourth-order valence-corrected chi connectivity index (χ4v) is 2.66. The minimum atomic E-state index is -0.536. The first kappa shape index (κ1) is 16.8. The van der Waals surface area contributed by atoms with Crippen molar-refractivity contribution in [1.82, 2.24) is 10.2 Å². The van der Waals surface area contributed by atoms with E-state index in [2.05, 4.69) is 5.32 Å². The lowest BCUT2D eigenvalue weighted by Gasteiger charge is -2.32. The average molecular weight is 306 g/mol. The Hall–Kier alpha value is -1.59. The van der Waals surface area contributed by atoms with Gasteiger partial charge in [-0.2, -0.15) is 0 Å². The number of aliphatic hydroxyl groups excluding tert-OH is 1. The van der Waals surface area contributed by atoms with Gasteiger partial charge in [-0.3, -0.25) is 4.79 Å². The number of ether oxygens (including phenoxy) is 1. The van der Waals surface area contributed by atoms with Crippen LogP contribution in [0.2, 0.25) is 0 Å². The third kappa shape index (κ3) is 5.31. The van der Waals surface area contributed by atoms with Crippen molar-refractivity contribution in [3.8, 4) is 5.75 Å². The summed E-state index contributed by atoms with van der Waals surface area (Å²) in [6.45, 7) is 6.00. The molecule has 0 radical (unpaired) electrons. The fraction of sp³-hybridized carbons (Fsp3) is 0.588. The Morgan fingerprint density at radius 1 is 1.45 bits per heavy atom. The summed E-state index contributed by atoms with van der Waals surface area (Å²) in [6.07, 6.45) is 1.34. The van der Waals surface area contributed by atoms with Crippen LogP contribution in [0.3, 0.4) is 0 Å². The van der Waals surface area contributed by atoms with Gasteiger partial charge in [0.25, 0.3) is 0 Å². The third-order valence-corrected chi connectivity index (χ3v) is 4.01. The van der Waals surface area contributed by atoms with Gasteiger partial charge >= 0.3 is 0 Å². The largest absolute Gasteiger partial charge is 0.491 e. The lowest BCUT2D eigenvalue weighted by molar-refractivity contribution is -0.129. The molecule has 0 aromatic heterocycles. The van der Waals surface area contributed by atoms with E-state index in [0.29, 0.717) is 12.6 Å². The number of hydrogen-bond acceptors (Lipinski definition) is 4. The molecule has 2 rings (SSSR count). The SMILES string of the molecule is CC(=O)N1CCC(NCC(O)COc2cccc(C)c2)CC1. The van der Waals surface area contributed by atoms with Crippen LogP contribution in [-0.2, 0) is 4.79 Å². The van der Waals surface area contributed by atoms with Crippen molar-refractivity contribution in [1.29, 1.82) is 0 Å². The van der Waals surface area contributed by atoms with E-state index in [1.807, 2.05) is 36.1 Å². The highest BCUT2D eigenvalue weighted by Gasteiger charge is 2.20. The molecule has 0 bridgehead atoms. The van der Waals surface area contributed by atoms with E-state index in [1.165, 1.54) is 0 Å². The van der Waals surface area contributed by atoms with Crippen LogP contribution in [0.1, 0.15) is 25.3 Å². The first-order valence-electron chi connectivity index (χ1n) is 7.91. The highest BCUT2D eigenvalue weighted by Crippen LogP contribution is 2.13. The smallest absolute Gasteiger partial charge is 0.219 e. The van der Waals surface area contributed by atoms with Crippen LogP contribution < -0.4 is 10.1 Å². The van der Waals surface area contributed by atoms with Crippen molar-refractivity contribution in [2.75, 3.05) is 26.2 Å². The Labute approximate surface area is 132 Å². The van der Waals surface area contributed by atoms with Gasteiger partial charge in [-0.05, 0) is 37.5 Å². The summed E-state index contributed by atoms with van der Waals surface area (Å²) >= 11 is 0. The van der Waals surface area contributed by atoms with Gasteiger partial charge in [0.1, 0.15) is 18.5 Å². The number of amides is 1. The van der Waals surface area contributed by atoms with E-state index >= 15 is 0 Å². The van der Waals surface area contributed by atoms with E-state index in [1.54, 1.807) is 6.92 Å². The zero-order valence-electron chi connectivity index (χ0n) is 13.4. The van der Waals surface area contributed by atoms with Gasteiger partial charge < -0.3 is 20.1 Å². The van der Waals surface area contributed by atoms with E-state index in [9.17, 15) is 9.90 Å². The molecule has 1 atom stereocenters. The number of nitrogens with one attached hydrogen (secondary N) is 1. The summed E-state index contributed by atoms with van der Waals surface area (Å²) in [7, 11) is 0.